The highest BCUT2D eigenvalue weighted by atomic mass is 16.2. The molecule has 0 aliphatic heterocycles. The largest absolute Gasteiger partial charge is 0.338 e. The molecule has 2 aromatic carbocycles. The summed E-state index contributed by atoms with van der Waals surface area (Å²) >= 11 is 0. The average Bonchev–Trinajstić information content (AvgIpc) is 2.66. The van der Waals surface area contributed by atoms with Crippen molar-refractivity contribution in [2.75, 3.05) is 13.1 Å². The molecule has 1 aliphatic carbocycles. The molecule has 0 radical (unpaired) electrons. The van der Waals surface area contributed by atoms with Crippen molar-refractivity contribution in [2.24, 2.45) is 11.5 Å². The van der Waals surface area contributed by atoms with E-state index in [0.717, 1.165) is 25.7 Å². The lowest BCUT2D eigenvalue weighted by Crippen LogP contribution is -2.58. The first-order chi connectivity index (χ1) is 13.1. The lowest BCUT2D eigenvalue weighted by Gasteiger charge is -2.47. The fraction of sp³-hybridized carbons (Fsp3) is 0.409. The summed E-state index contributed by atoms with van der Waals surface area (Å²) in [5.74, 6) is 0. The summed E-state index contributed by atoms with van der Waals surface area (Å²) in [4.78, 5) is 12.1. The van der Waals surface area contributed by atoms with Crippen molar-refractivity contribution in [1.82, 2.24) is 10.6 Å². The van der Waals surface area contributed by atoms with Crippen molar-refractivity contribution in [2.45, 2.75) is 43.2 Å². The van der Waals surface area contributed by atoms with Gasteiger partial charge in [0.15, 0.2) is 0 Å². The van der Waals surface area contributed by atoms with Gasteiger partial charge in [0.25, 0.3) is 0 Å². The Kier molecular flexibility index (Phi) is 6.48. The third kappa shape index (κ3) is 5.08. The number of benzene rings is 2. The third-order valence-electron chi connectivity index (χ3n) is 5.53. The van der Waals surface area contributed by atoms with E-state index in [4.69, 9.17) is 11.5 Å². The van der Waals surface area contributed by atoms with Crippen LogP contribution in [0.15, 0.2) is 60.7 Å². The summed E-state index contributed by atoms with van der Waals surface area (Å²) in [7, 11) is 0. The normalized spacial score (nSPS) is 22.5. The van der Waals surface area contributed by atoms with E-state index in [-0.39, 0.29) is 23.5 Å². The van der Waals surface area contributed by atoms with Gasteiger partial charge in [0.2, 0.25) is 0 Å². The van der Waals surface area contributed by atoms with E-state index in [0.29, 0.717) is 13.1 Å². The minimum atomic E-state index is -0.120. The Morgan fingerprint density at radius 2 is 1.70 bits per heavy atom. The zero-order valence-electron chi connectivity index (χ0n) is 15.7. The number of rotatable bonds is 8. The van der Waals surface area contributed by atoms with Crippen molar-refractivity contribution < 1.29 is 4.79 Å². The van der Waals surface area contributed by atoms with Gasteiger partial charge in [-0.15, -0.1) is 0 Å². The number of carbonyl (C=O) groups is 1. The van der Waals surface area contributed by atoms with E-state index in [1.807, 2.05) is 36.4 Å². The first-order valence-electron chi connectivity index (χ1n) is 9.71. The minimum Gasteiger partial charge on any atom is -0.338 e. The minimum absolute atomic E-state index is 0.00273. The molecule has 1 aliphatic rings. The first-order valence-corrected chi connectivity index (χ1v) is 9.71. The molecular formula is C22H30N4O. The van der Waals surface area contributed by atoms with Gasteiger partial charge >= 0.3 is 6.03 Å². The van der Waals surface area contributed by atoms with Gasteiger partial charge < -0.3 is 22.1 Å². The van der Waals surface area contributed by atoms with Crippen LogP contribution in [0.2, 0.25) is 0 Å². The zero-order valence-corrected chi connectivity index (χ0v) is 15.7. The molecule has 5 nitrogen and oxygen atoms in total. The highest BCUT2D eigenvalue weighted by Crippen LogP contribution is 2.42. The number of hydrogen-bond donors (Lipinski definition) is 4. The van der Waals surface area contributed by atoms with Crippen LogP contribution in [-0.4, -0.2) is 31.2 Å². The topological polar surface area (TPSA) is 93.2 Å². The van der Waals surface area contributed by atoms with Crippen LogP contribution in [0.5, 0.6) is 0 Å². The molecule has 0 saturated heterocycles. The Morgan fingerprint density at radius 3 is 2.33 bits per heavy atom. The second kappa shape index (κ2) is 9.02. The van der Waals surface area contributed by atoms with E-state index >= 15 is 0 Å². The predicted molar refractivity (Wildman–Crippen MR) is 109 cm³/mol. The SMILES string of the molecule is NCC1(c2ccccc2)CC(NC(=O)NCCC(N)Cc2ccccc2)C1. The molecule has 1 fully saturated rings. The van der Waals surface area contributed by atoms with Crippen LogP contribution in [0.4, 0.5) is 4.79 Å². The van der Waals surface area contributed by atoms with E-state index in [1.165, 1.54) is 11.1 Å². The fourth-order valence-corrected chi connectivity index (χ4v) is 3.92. The molecule has 0 aromatic heterocycles. The Bertz CT molecular complexity index is 714. The van der Waals surface area contributed by atoms with Crippen molar-refractivity contribution >= 4 is 6.03 Å². The average molecular weight is 367 g/mol. The molecule has 6 N–H and O–H groups in total. The Hall–Kier alpha value is -2.37. The zero-order chi connectivity index (χ0) is 19.1. The maximum Gasteiger partial charge on any atom is 0.315 e. The molecule has 1 unspecified atom stereocenters. The van der Waals surface area contributed by atoms with E-state index in [2.05, 4.69) is 34.9 Å². The van der Waals surface area contributed by atoms with Crippen LogP contribution in [0.25, 0.3) is 0 Å². The third-order valence-corrected chi connectivity index (χ3v) is 5.53. The van der Waals surface area contributed by atoms with Gasteiger partial charge in [0.05, 0.1) is 0 Å². The molecule has 0 spiro atoms. The standard InChI is InChI=1S/C22H30N4O/c23-16-22(18-9-5-2-6-10-18)14-20(15-22)26-21(27)25-12-11-19(24)13-17-7-3-1-4-8-17/h1-10,19-20H,11-16,23-24H2,(H2,25,26,27). The quantitative estimate of drug-likeness (QED) is 0.577. The Balaban J connectivity index is 1.36. The number of carbonyl (C=O) groups excluding carboxylic acids is 1. The molecule has 27 heavy (non-hydrogen) atoms. The molecule has 2 aromatic rings. The van der Waals surface area contributed by atoms with Gasteiger partial charge in [0.1, 0.15) is 0 Å². The summed E-state index contributed by atoms with van der Waals surface area (Å²) in [5.41, 5.74) is 14.7. The van der Waals surface area contributed by atoms with Crippen LogP contribution in [0, 0.1) is 0 Å². The van der Waals surface area contributed by atoms with Crippen LogP contribution in [-0.2, 0) is 11.8 Å². The lowest BCUT2D eigenvalue weighted by atomic mass is 9.61. The summed E-state index contributed by atoms with van der Waals surface area (Å²) in [6.07, 6.45) is 3.34. The Labute approximate surface area is 161 Å². The first kappa shape index (κ1) is 19.4. The molecule has 1 saturated carbocycles. The van der Waals surface area contributed by atoms with Gasteiger partial charge in [-0.05, 0) is 36.8 Å². The van der Waals surface area contributed by atoms with E-state index < -0.39 is 0 Å². The van der Waals surface area contributed by atoms with Crippen LogP contribution in [0.3, 0.4) is 0 Å². The number of urea groups is 1. The summed E-state index contributed by atoms with van der Waals surface area (Å²) in [5, 5.41) is 5.97. The molecule has 144 valence electrons. The second-order valence-corrected chi connectivity index (χ2v) is 7.59. The summed E-state index contributed by atoms with van der Waals surface area (Å²) in [6.45, 7) is 1.18. The highest BCUT2D eigenvalue weighted by molar-refractivity contribution is 5.74. The van der Waals surface area contributed by atoms with E-state index in [1.54, 1.807) is 0 Å². The maximum absolute atomic E-state index is 12.1. The molecule has 0 bridgehead atoms. The summed E-state index contributed by atoms with van der Waals surface area (Å²) in [6, 6.07) is 20.6. The number of hydrogen-bond acceptors (Lipinski definition) is 3. The van der Waals surface area contributed by atoms with Crippen molar-refractivity contribution in [1.29, 1.82) is 0 Å². The van der Waals surface area contributed by atoms with Gasteiger partial charge in [-0.3, -0.25) is 0 Å². The van der Waals surface area contributed by atoms with Gasteiger partial charge in [-0.25, -0.2) is 4.79 Å². The molecular weight excluding hydrogens is 336 g/mol. The maximum atomic E-state index is 12.1. The summed E-state index contributed by atoms with van der Waals surface area (Å²) < 4.78 is 0. The smallest absolute Gasteiger partial charge is 0.315 e. The van der Waals surface area contributed by atoms with Gasteiger partial charge in [0, 0.05) is 30.6 Å². The monoisotopic (exact) mass is 366 g/mol. The number of amides is 2. The van der Waals surface area contributed by atoms with Crippen molar-refractivity contribution in [3.05, 3.63) is 71.8 Å². The lowest BCUT2D eigenvalue weighted by molar-refractivity contribution is 0.174. The van der Waals surface area contributed by atoms with Crippen LogP contribution < -0.4 is 22.1 Å². The Morgan fingerprint density at radius 1 is 1.07 bits per heavy atom. The molecule has 0 heterocycles. The highest BCUT2D eigenvalue weighted by Gasteiger charge is 2.44. The second-order valence-electron chi connectivity index (χ2n) is 7.59. The van der Waals surface area contributed by atoms with E-state index in [9.17, 15) is 4.79 Å². The number of nitrogens with one attached hydrogen (secondary N) is 2. The molecule has 1 atom stereocenters. The van der Waals surface area contributed by atoms with Crippen molar-refractivity contribution in [3.8, 4) is 0 Å². The van der Waals surface area contributed by atoms with Crippen molar-refractivity contribution in [3.63, 3.8) is 0 Å². The fourth-order valence-electron chi connectivity index (χ4n) is 3.92. The molecule has 5 heteroatoms. The number of nitrogens with two attached hydrogens (primary N) is 2. The molecule has 2 amide bonds. The van der Waals surface area contributed by atoms with Gasteiger partial charge in [-0.2, -0.15) is 0 Å². The molecule has 3 rings (SSSR count). The predicted octanol–water partition coefficient (Wildman–Crippen LogP) is 2.30. The van der Waals surface area contributed by atoms with Crippen LogP contribution >= 0.6 is 0 Å². The van der Waals surface area contributed by atoms with Crippen LogP contribution in [0.1, 0.15) is 30.4 Å². The van der Waals surface area contributed by atoms with Gasteiger partial charge in [-0.1, -0.05) is 60.7 Å².